The first-order valence-electron chi connectivity index (χ1n) is 4.25. The minimum absolute atomic E-state index is 0.211. The maximum atomic E-state index is 13.1. The van der Waals surface area contributed by atoms with Gasteiger partial charge in [-0.15, -0.1) is 0 Å². The minimum Gasteiger partial charge on any atom is -0.378 e. The van der Waals surface area contributed by atoms with Gasteiger partial charge in [-0.2, -0.15) is 0 Å². The van der Waals surface area contributed by atoms with Crippen molar-refractivity contribution in [1.82, 2.24) is 5.32 Å². The molecule has 0 aromatic heterocycles. The van der Waals surface area contributed by atoms with E-state index in [0.29, 0.717) is 19.6 Å². The average Bonchev–Trinajstić information content (AvgIpc) is 2.01. The van der Waals surface area contributed by atoms with Gasteiger partial charge in [0.2, 0.25) is 0 Å². The molecule has 0 aromatic rings. The molecule has 0 unspecified atom stereocenters. The van der Waals surface area contributed by atoms with Gasteiger partial charge in [0.25, 0.3) is 0 Å². The van der Waals surface area contributed by atoms with E-state index in [4.69, 9.17) is 6.11 Å². The van der Waals surface area contributed by atoms with Gasteiger partial charge in [0.15, 0.2) is 0 Å². The Kier molecular flexibility index (Phi) is 1.36. The molecule has 10 heavy (non-hydrogen) atoms. The number of halogens is 1. The van der Waals surface area contributed by atoms with E-state index < -0.39 is 12.6 Å². The number of piperidine rings is 1. The van der Waals surface area contributed by atoms with Crippen molar-refractivity contribution in [2.75, 3.05) is 13.2 Å². The standard InChI is InChI=1S/C7H12FNO/c8-6-2-1-5-3-10-4-7(6)9-5/h5-7,9H,1-4H2/t5-,6-,7-/m0/s1/i2D/t2-,5+,6+,7+/m1. The average molecular weight is 146 g/mol. The van der Waals surface area contributed by atoms with Gasteiger partial charge in [0, 0.05) is 7.41 Å². The van der Waals surface area contributed by atoms with Gasteiger partial charge in [-0.1, -0.05) is 0 Å². The van der Waals surface area contributed by atoms with E-state index in [-0.39, 0.29) is 12.1 Å². The van der Waals surface area contributed by atoms with Crippen LogP contribution in [0.5, 0.6) is 0 Å². The SMILES string of the molecule is [2H][C@@H]1C[C@H]2COC[C@H](N2)[C@H]1F. The molecule has 2 aliphatic rings. The molecule has 2 bridgehead atoms. The smallest absolute Gasteiger partial charge is 0.118 e. The molecule has 2 saturated heterocycles. The summed E-state index contributed by atoms with van der Waals surface area (Å²) in [6.07, 6.45) is -1.01. The summed E-state index contributed by atoms with van der Waals surface area (Å²) in [7, 11) is 0. The highest BCUT2D eigenvalue weighted by molar-refractivity contribution is 4.89. The Morgan fingerprint density at radius 2 is 2.50 bits per heavy atom. The summed E-state index contributed by atoms with van der Waals surface area (Å²) in [6.45, 7) is 1.06. The quantitative estimate of drug-likeness (QED) is 0.536. The van der Waals surface area contributed by atoms with Crippen LogP contribution in [0.3, 0.4) is 0 Å². The van der Waals surface area contributed by atoms with Gasteiger partial charge >= 0.3 is 0 Å². The number of ether oxygens (including phenoxy) is 1. The Balaban J connectivity index is 2.05. The summed E-state index contributed by atoms with van der Waals surface area (Å²) in [5, 5.41) is 3.11. The van der Waals surface area contributed by atoms with Crippen molar-refractivity contribution in [3.8, 4) is 0 Å². The lowest BCUT2D eigenvalue weighted by Gasteiger charge is -2.37. The van der Waals surface area contributed by atoms with Crippen LogP contribution < -0.4 is 5.32 Å². The zero-order valence-electron chi connectivity index (χ0n) is 6.72. The van der Waals surface area contributed by atoms with E-state index in [1.165, 1.54) is 0 Å². The largest absolute Gasteiger partial charge is 0.378 e. The second-order valence-corrected chi connectivity index (χ2v) is 2.92. The summed E-state index contributed by atoms with van der Waals surface area (Å²) < 4.78 is 25.7. The van der Waals surface area contributed by atoms with Crippen molar-refractivity contribution >= 4 is 0 Å². The number of hydrogen-bond donors (Lipinski definition) is 1. The summed E-state index contributed by atoms with van der Waals surface area (Å²) in [5.41, 5.74) is 0. The van der Waals surface area contributed by atoms with Gasteiger partial charge in [-0.25, -0.2) is 4.39 Å². The fourth-order valence-corrected chi connectivity index (χ4v) is 1.51. The van der Waals surface area contributed by atoms with E-state index in [1.807, 2.05) is 0 Å². The Labute approximate surface area is 61.2 Å². The maximum absolute atomic E-state index is 13.1. The van der Waals surface area contributed by atoms with Crippen LogP contribution in [-0.4, -0.2) is 31.5 Å². The first-order valence-corrected chi connectivity index (χ1v) is 3.67. The molecular formula is C7H12FNO. The van der Waals surface area contributed by atoms with Crippen molar-refractivity contribution in [3.63, 3.8) is 0 Å². The van der Waals surface area contributed by atoms with E-state index in [2.05, 4.69) is 5.32 Å². The van der Waals surface area contributed by atoms with E-state index in [1.54, 1.807) is 0 Å². The van der Waals surface area contributed by atoms with Crippen LogP contribution in [0.4, 0.5) is 4.39 Å². The Hall–Kier alpha value is -0.150. The lowest BCUT2D eigenvalue weighted by Crippen LogP contribution is -2.56. The second kappa shape index (κ2) is 2.47. The summed E-state index contributed by atoms with van der Waals surface area (Å²) in [4.78, 5) is 0. The molecule has 0 aromatic carbocycles. The Morgan fingerprint density at radius 1 is 1.60 bits per heavy atom. The molecule has 2 fully saturated rings. The Morgan fingerprint density at radius 3 is 3.40 bits per heavy atom. The van der Waals surface area contributed by atoms with E-state index >= 15 is 0 Å². The molecule has 2 aliphatic heterocycles. The molecule has 0 radical (unpaired) electrons. The zero-order valence-corrected chi connectivity index (χ0v) is 5.72. The highest BCUT2D eigenvalue weighted by Gasteiger charge is 2.33. The number of fused-ring (bicyclic) bond motifs is 2. The summed E-state index contributed by atoms with van der Waals surface area (Å²) in [6, 6.07) is -0.0201. The van der Waals surface area contributed by atoms with E-state index in [9.17, 15) is 4.39 Å². The van der Waals surface area contributed by atoms with Crippen molar-refractivity contribution in [3.05, 3.63) is 0 Å². The van der Waals surface area contributed by atoms with Crippen LogP contribution in [0.2, 0.25) is 0 Å². The summed E-state index contributed by atoms with van der Waals surface area (Å²) in [5.74, 6) is 0. The Bertz CT molecular complexity index is 155. The van der Waals surface area contributed by atoms with Gasteiger partial charge < -0.3 is 10.1 Å². The lowest BCUT2D eigenvalue weighted by atomic mass is 9.96. The first kappa shape index (κ1) is 5.49. The monoisotopic (exact) mass is 146 g/mol. The molecule has 1 N–H and O–H groups in total. The van der Waals surface area contributed by atoms with Crippen LogP contribution in [-0.2, 0) is 4.74 Å². The number of alkyl halides is 1. The number of hydrogen-bond acceptors (Lipinski definition) is 2. The van der Waals surface area contributed by atoms with Crippen LogP contribution in [0.25, 0.3) is 0 Å². The van der Waals surface area contributed by atoms with Crippen LogP contribution in [0.1, 0.15) is 14.2 Å². The van der Waals surface area contributed by atoms with Crippen LogP contribution >= 0.6 is 0 Å². The fraction of sp³-hybridized carbons (Fsp3) is 1.00. The third-order valence-electron chi connectivity index (χ3n) is 2.10. The topological polar surface area (TPSA) is 21.3 Å². The van der Waals surface area contributed by atoms with E-state index in [0.717, 1.165) is 0 Å². The molecule has 2 heterocycles. The normalized spacial score (nSPS) is 55.9. The molecule has 0 amide bonds. The molecule has 0 spiro atoms. The van der Waals surface area contributed by atoms with Gasteiger partial charge in [0.05, 0.1) is 19.3 Å². The molecule has 0 aliphatic carbocycles. The van der Waals surface area contributed by atoms with Gasteiger partial charge in [-0.05, 0) is 12.8 Å². The minimum atomic E-state index is -1.05. The first-order chi connectivity index (χ1) is 5.27. The van der Waals surface area contributed by atoms with Crippen LogP contribution in [0.15, 0.2) is 0 Å². The third kappa shape index (κ3) is 1.04. The predicted octanol–water partition coefficient (Wildman–Crippen LogP) is 0.475. The number of rotatable bonds is 0. The van der Waals surface area contributed by atoms with Gasteiger partial charge in [-0.3, -0.25) is 0 Å². The molecule has 58 valence electrons. The van der Waals surface area contributed by atoms with Crippen molar-refractivity contribution in [2.45, 2.75) is 31.1 Å². The molecule has 3 heteroatoms. The fourth-order valence-electron chi connectivity index (χ4n) is 1.51. The predicted molar refractivity (Wildman–Crippen MR) is 35.7 cm³/mol. The summed E-state index contributed by atoms with van der Waals surface area (Å²) >= 11 is 0. The number of morpholine rings is 1. The number of nitrogens with one attached hydrogen (secondary N) is 1. The maximum Gasteiger partial charge on any atom is 0.118 e. The van der Waals surface area contributed by atoms with Crippen LogP contribution in [0, 0.1) is 0 Å². The van der Waals surface area contributed by atoms with Crippen molar-refractivity contribution in [1.29, 1.82) is 0 Å². The third-order valence-corrected chi connectivity index (χ3v) is 2.10. The zero-order chi connectivity index (χ0) is 7.84. The van der Waals surface area contributed by atoms with Gasteiger partial charge in [0.1, 0.15) is 6.17 Å². The molecular weight excluding hydrogens is 133 g/mol. The molecule has 0 saturated carbocycles. The second-order valence-electron chi connectivity index (χ2n) is 2.92. The molecule has 2 rings (SSSR count). The highest BCUT2D eigenvalue weighted by Crippen LogP contribution is 2.20. The highest BCUT2D eigenvalue weighted by atomic mass is 19.1. The lowest BCUT2D eigenvalue weighted by molar-refractivity contribution is -0.00893. The molecule has 2 nitrogen and oxygen atoms in total. The van der Waals surface area contributed by atoms with Crippen molar-refractivity contribution in [2.24, 2.45) is 0 Å². The molecule has 4 atom stereocenters. The van der Waals surface area contributed by atoms with Crippen molar-refractivity contribution < 1.29 is 10.5 Å².